The first-order valence-corrected chi connectivity index (χ1v) is 19.6. The number of likely N-dealkylation sites (tertiary alicyclic amines) is 2. The van der Waals surface area contributed by atoms with Crippen molar-refractivity contribution in [3.63, 3.8) is 0 Å². The van der Waals surface area contributed by atoms with Gasteiger partial charge in [-0.2, -0.15) is 0 Å². The Morgan fingerprint density at radius 3 is 1.23 bits per heavy atom. The summed E-state index contributed by atoms with van der Waals surface area (Å²) in [7, 11) is 0. The van der Waals surface area contributed by atoms with Crippen molar-refractivity contribution in [3.8, 4) is 11.5 Å². The van der Waals surface area contributed by atoms with Gasteiger partial charge in [0.05, 0.1) is 13.2 Å². The Hall–Kier alpha value is -2.70. The van der Waals surface area contributed by atoms with Crippen LogP contribution in [0.4, 0.5) is 0 Å². The molecule has 48 heavy (non-hydrogen) atoms. The number of carbonyl (C=O) groups excluding carboxylic acids is 2. The highest BCUT2D eigenvalue weighted by Gasteiger charge is 2.26. The van der Waals surface area contributed by atoms with E-state index in [2.05, 4.69) is 23.6 Å². The molecule has 0 spiro atoms. The minimum absolute atomic E-state index is 0.0324. The van der Waals surface area contributed by atoms with Gasteiger partial charge in [0.15, 0.2) is 11.6 Å². The number of hydrogen-bond donors (Lipinski definition) is 0. The van der Waals surface area contributed by atoms with E-state index < -0.39 is 0 Å². The number of unbranched alkanes of at least 4 members (excludes halogenated alkanes) is 3. The van der Waals surface area contributed by atoms with Crippen molar-refractivity contribution in [1.82, 2.24) is 9.80 Å². The standard InChI is InChI=1S/C42H64N2O4/c1-3-5-31-47-39-23-19-35(20-24-39)41(45)37(33-43-27-13-7-8-14-28-43)17-11-12-18-38(34-44-29-15-9-10-16-30-44)42(46)36-21-25-40(26-22-36)48-32-6-4-2/h19-26,37-38H,3-18,27-34H2,1-2H3. The van der Waals surface area contributed by atoms with E-state index in [1.807, 2.05) is 48.5 Å². The molecule has 2 saturated heterocycles. The van der Waals surface area contributed by atoms with E-state index in [9.17, 15) is 9.59 Å². The Labute approximate surface area is 291 Å². The third-order valence-electron chi connectivity index (χ3n) is 10.3. The molecule has 2 aromatic carbocycles. The van der Waals surface area contributed by atoms with Crippen molar-refractivity contribution >= 4 is 11.6 Å². The number of Topliss-reactive ketones (excluding diaryl/α,β-unsaturated/α-hetero) is 2. The fourth-order valence-corrected chi connectivity index (χ4v) is 7.22. The lowest BCUT2D eigenvalue weighted by Crippen LogP contribution is -2.35. The molecule has 2 fully saturated rings. The SMILES string of the molecule is CCCCOc1ccc(C(=O)C(CCCCC(CN2CCCCCC2)C(=O)c2ccc(OCCCC)cc2)CN2CCCCCC2)cc1. The van der Waals surface area contributed by atoms with Crippen molar-refractivity contribution in [1.29, 1.82) is 0 Å². The maximum atomic E-state index is 14.0. The van der Waals surface area contributed by atoms with E-state index in [-0.39, 0.29) is 23.4 Å². The molecule has 0 radical (unpaired) electrons. The quantitative estimate of drug-likeness (QED) is 0.0982. The molecule has 0 saturated carbocycles. The average Bonchev–Trinajstić information content (AvgIpc) is 3.54. The maximum absolute atomic E-state index is 14.0. The molecule has 4 rings (SSSR count). The summed E-state index contributed by atoms with van der Waals surface area (Å²) in [6, 6.07) is 15.6. The van der Waals surface area contributed by atoms with Gasteiger partial charge < -0.3 is 19.3 Å². The first kappa shape index (κ1) is 38.1. The molecule has 2 unspecified atom stereocenters. The van der Waals surface area contributed by atoms with Gasteiger partial charge in [0, 0.05) is 36.1 Å². The Kier molecular flexibility index (Phi) is 17.5. The van der Waals surface area contributed by atoms with Crippen molar-refractivity contribution < 1.29 is 19.1 Å². The lowest BCUT2D eigenvalue weighted by molar-refractivity contribution is 0.0848. The van der Waals surface area contributed by atoms with E-state index >= 15 is 0 Å². The molecule has 6 nitrogen and oxygen atoms in total. The summed E-state index contributed by atoms with van der Waals surface area (Å²) < 4.78 is 11.7. The second kappa shape index (κ2) is 22.1. The van der Waals surface area contributed by atoms with E-state index in [0.717, 1.165) is 113 Å². The Morgan fingerprint density at radius 2 is 0.896 bits per heavy atom. The zero-order valence-corrected chi connectivity index (χ0v) is 30.3. The third-order valence-corrected chi connectivity index (χ3v) is 10.3. The number of carbonyl (C=O) groups is 2. The van der Waals surface area contributed by atoms with Crippen LogP contribution in [0.25, 0.3) is 0 Å². The maximum Gasteiger partial charge on any atom is 0.167 e. The van der Waals surface area contributed by atoms with Gasteiger partial charge in [0.25, 0.3) is 0 Å². The Morgan fingerprint density at radius 1 is 0.542 bits per heavy atom. The molecule has 2 aliphatic heterocycles. The van der Waals surface area contributed by atoms with Crippen LogP contribution in [-0.4, -0.2) is 73.8 Å². The van der Waals surface area contributed by atoms with Gasteiger partial charge in [-0.05, 0) is 126 Å². The fraction of sp³-hybridized carbons (Fsp3) is 0.667. The molecular weight excluding hydrogens is 596 g/mol. The fourth-order valence-electron chi connectivity index (χ4n) is 7.22. The van der Waals surface area contributed by atoms with E-state index in [0.29, 0.717) is 13.2 Å². The number of hydrogen-bond acceptors (Lipinski definition) is 6. The predicted molar refractivity (Wildman–Crippen MR) is 198 cm³/mol. The summed E-state index contributed by atoms with van der Waals surface area (Å²) >= 11 is 0. The van der Waals surface area contributed by atoms with Gasteiger partial charge in [0.1, 0.15) is 11.5 Å². The van der Waals surface area contributed by atoms with Crippen molar-refractivity contribution in [2.45, 2.75) is 117 Å². The number of ether oxygens (including phenoxy) is 2. The van der Waals surface area contributed by atoms with Crippen LogP contribution in [0.2, 0.25) is 0 Å². The summed E-state index contributed by atoms with van der Waals surface area (Å²) in [6.07, 6.45) is 17.9. The van der Waals surface area contributed by atoms with Gasteiger partial charge in [-0.15, -0.1) is 0 Å². The van der Waals surface area contributed by atoms with Crippen LogP contribution in [0.5, 0.6) is 11.5 Å². The summed E-state index contributed by atoms with van der Waals surface area (Å²) in [5.74, 6) is 2.10. The summed E-state index contributed by atoms with van der Waals surface area (Å²) in [4.78, 5) is 33.0. The summed E-state index contributed by atoms with van der Waals surface area (Å²) in [6.45, 7) is 11.7. The molecule has 0 amide bonds. The Bertz CT molecular complexity index is 1070. The van der Waals surface area contributed by atoms with Gasteiger partial charge >= 0.3 is 0 Å². The minimum atomic E-state index is -0.0324. The smallest absolute Gasteiger partial charge is 0.167 e. The van der Waals surface area contributed by atoms with Gasteiger partial charge in [-0.25, -0.2) is 0 Å². The van der Waals surface area contributed by atoms with Crippen LogP contribution in [-0.2, 0) is 0 Å². The van der Waals surface area contributed by atoms with Crippen molar-refractivity contribution in [3.05, 3.63) is 59.7 Å². The number of ketones is 2. The highest BCUT2D eigenvalue weighted by atomic mass is 16.5. The van der Waals surface area contributed by atoms with E-state index in [1.165, 1.54) is 51.4 Å². The monoisotopic (exact) mass is 660 g/mol. The lowest BCUT2D eigenvalue weighted by Gasteiger charge is -2.27. The highest BCUT2D eigenvalue weighted by Crippen LogP contribution is 2.25. The molecule has 2 heterocycles. The van der Waals surface area contributed by atoms with Crippen LogP contribution in [0.1, 0.15) is 137 Å². The molecule has 0 aliphatic carbocycles. The van der Waals surface area contributed by atoms with E-state index in [4.69, 9.17) is 9.47 Å². The number of rotatable bonds is 21. The molecule has 0 N–H and O–H groups in total. The Balaban J connectivity index is 1.39. The van der Waals surface area contributed by atoms with Crippen LogP contribution >= 0.6 is 0 Å². The second-order valence-corrected chi connectivity index (χ2v) is 14.3. The molecule has 266 valence electrons. The summed E-state index contributed by atoms with van der Waals surface area (Å²) in [5, 5.41) is 0. The average molecular weight is 661 g/mol. The molecule has 0 bridgehead atoms. The van der Waals surface area contributed by atoms with E-state index in [1.54, 1.807) is 0 Å². The predicted octanol–water partition coefficient (Wildman–Crippen LogP) is 9.65. The van der Waals surface area contributed by atoms with Crippen LogP contribution in [0.3, 0.4) is 0 Å². The molecule has 6 heteroatoms. The largest absolute Gasteiger partial charge is 0.494 e. The van der Waals surface area contributed by atoms with Crippen LogP contribution in [0.15, 0.2) is 48.5 Å². The summed E-state index contributed by atoms with van der Waals surface area (Å²) in [5.41, 5.74) is 1.57. The third kappa shape index (κ3) is 13.3. The molecular formula is C42H64N2O4. The normalized spacial score (nSPS) is 17.6. The zero-order chi connectivity index (χ0) is 33.8. The number of nitrogens with zero attached hydrogens (tertiary/aromatic N) is 2. The topological polar surface area (TPSA) is 59.1 Å². The highest BCUT2D eigenvalue weighted by molar-refractivity contribution is 5.98. The molecule has 2 aromatic rings. The van der Waals surface area contributed by atoms with Crippen molar-refractivity contribution in [2.24, 2.45) is 11.8 Å². The first-order valence-electron chi connectivity index (χ1n) is 19.6. The first-order chi connectivity index (χ1) is 23.6. The minimum Gasteiger partial charge on any atom is -0.494 e. The zero-order valence-electron chi connectivity index (χ0n) is 30.3. The lowest BCUT2D eigenvalue weighted by atomic mass is 9.88. The number of benzene rings is 2. The molecule has 2 aliphatic rings. The van der Waals surface area contributed by atoms with Gasteiger partial charge in [0.2, 0.25) is 0 Å². The van der Waals surface area contributed by atoms with Crippen LogP contribution < -0.4 is 9.47 Å². The van der Waals surface area contributed by atoms with Gasteiger partial charge in [-0.1, -0.05) is 65.2 Å². The van der Waals surface area contributed by atoms with Crippen LogP contribution in [0, 0.1) is 11.8 Å². The second-order valence-electron chi connectivity index (χ2n) is 14.3. The van der Waals surface area contributed by atoms with Crippen molar-refractivity contribution in [2.75, 3.05) is 52.5 Å². The molecule has 0 aromatic heterocycles. The van der Waals surface area contributed by atoms with Gasteiger partial charge in [-0.3, -0.25) is 9.59 Å². The molecule has 2 atom stereocenters.